The summed E-state index contributed by atoms with van der Waals surface area (Å²) in [6.45, 7) is 0. The van der Waals surface area contributed by atoms with E-state index in [1.807, 2.05) is 48.5 Å². The molecular weight excluding hydrogens is 292 g/mol. The Morgan fingerprint density at radius 2 is 1.33 bits per heavy atom. The van der Waals surface area contributed by atoms with E-state index in [4.69, 9.17) is 10.7 Å². The van der Waals surface area contributed by atoms with Gasteiger partial charge in [-0.15, -0.1) is 0 Å². The van der Waals surface area contributed by atoms with Crippen LogP contribution in [0.4, 0.5) is 5.69 Å². The van der Waals surface area contributed by atoms with Gasteiger partial charge < -0.3 is 5.73 Å². The first kappa shape index (κ1) is 14.5. The summed E-state index contributed by atoms with van der Waals surface area (Å²) >= 11 is 0. The van der Waals surface area contributed by atoms with Crippen molar-refractivity contribution in [1.82, 2.24) is 4.98 Å². The van der Waals surface area contributed by atoms with Crippen LogP contribution in [0.3, 0.4) is 0 Å². The molecule has 24 heavy (non-hydrogen) atoms. The van der Waals surface area contributed by atoms with Gasteiger partial charge in [-0.25, -0.2) is 0 Å². The van der Waals surface area contributed by atoms with Gasteiger partial charge in [0.25, 0.3) is 0 Å². The van der Waals surface area contributed by atoms with Crippen molar-refractivity contribution in [3.8, 4) is 11.1 Å². The average molecular weight is 310 g/mol. The van der Waals surface area contributed by atoms with E-state index < -0.39 is 0 Å². The van der Waals surface area contributed by atoms with Crippen molar-refractivity contribution in [2.45, 2.75) is 6.42 Å². The number of pyridine rings is 1. The molecule has 4 aromatic rings. The van der Waals surface area contributed by atoms with Crippen molar-refractivity contribution in [2.75, 3.05) is 5.73 Å². The summed E-state index contributed by atoms with van der Waals surface area (Å²) in [5, 5.41) is 1.01. The van der Waals surface area contributed by atoms with Crippen LogP contribution in [-0.4, -0.2) is 4.98 Å². The van der Waals surface area contributed by atoms with Crippen molar-refractivity contribution in [3.63, 3.8) is 0 Å². The Morgan fingerprint density at radius 3 is 2.08 bits per heavy atom. The van der Waals surface area contributed by atoms with Gasteiger partial charge in [0, 0.05) is 17.4 Å². The van der Waals surface area contributed by atoms with Gasteiger partial charge in [0.05, 0.1) is 16.9 Å². The first-order valence-corrected chi connectivity index (χ1v) is 8.09. The standard InChI is InChI=1S/C22H18N2/c23-22-18-13-7-8-14-19(18)24-20(15-16-9-3-1-4-10-16)21(22)17-11-5-2-6-12-17/h1-14H,15H2,(H2,23,24). The third-order valence-corrected chi connectivity index (χ3v) is 4.28. The molecule has 0 aliphatic heterocycles. The second-order valence-electron chi connectivity index (χ2n) is 5.89. The van der Waals surface area contributed by atoms with Gasteiger partial charge in [-0.1, -0.05) is 78.9 Å². The number of nitrogens with zero attached hydrogens (tertiary/aromatic N) is 1. The number of hydrogen-bond donors (Lipinski definition) is 1. The maximum atomic E-state index is 6.57. The van der Waals surface area contributed by atoms with Crippen LogP contribution in [0.1, 0.15) is 11.3 Å². The summed E-state index contributed by atoms with van der Waals surface area (Å²) in [6, 6.07) is 28.8. The third-order valence-electron chi connectivity index (χ3n) is 4.28. The Hall–Kier alpha value is -3.13. The highest BCUT2D eigenvalue weighted by atomic mass is 14.7. The van der Waals surface area contributed by atoms with E-state index in [2.05, 4.69) is 36.4 Å². The minimum absolute atomic E-state index is 0.764. The fourth-order valence-electron chi connectivity index (χ4n) is 3.13. The maximum Gasteiger partial charge on any atom is 0.0726 e. The Bertz CT molecular complexity index is 977. The smallest absolute Gasteiger partial charge is 0.0726 e. The van der Waals surface area contributed by atoms with Crippen LogP contribution < -0.4 is 5.73 Å². The molecule has 2 heteroatoms. The van der Waals surface area contributed by atoms with E-state index in [0.29, 0.717) is 0 Å². The summed E-state index contributed by atoms with van der Waals surface area (Å²) in [5.74, 6) is 0. The van der Waals surface area contributed by atoms with Crippen molar-refractivity contribution in [3.05, 3.63) is 96.2 Å². The van der Waals surface area contributed by atoms with Crippen LogP contribution in [-0.2, 0) is 6.42 Å². The van der Waals surface area contributed by atoms with Gasteiger partial charge in [-0.2, -0.15) is 0 Å². The SMILES string of the molecule is Nc1c(-c2ccccc2)c(Cc2ccccc2)nc2ccccc12. The highest BCUT2D eigenvalue weighted by Gasteiger charge is 2.14. The summed E-state index contributed by atoms with van der Waals surface area (Å²) in [6.07, 6.45) is 0.764. The number of benzene rings is 3. The number of anilines is 1. The van der Waals surface area contributed by atoms with E-state index in [9.17, 15) is 0 Å². The molecule has 0 spiro atoms. The van der Waals surface area contributed by atoms with Crippen LogP contribution >= 0.6 is 0 Å². The predicted molar refractivity (Wildman–Crippen MR) is 101 cm³/mol. The van der Waals surface area contributed by atoms with Gasteiger partial charge in [-0.3, -0.25) is 4.98 Å². The molecule has 0 atom stereocenters. The van der Waals surface area contributed by atoms with Crippen LogP contribution in [0.2, 0.25) is 0 Å². The van der Waals surface area contributed by atoms with E-state index in [0.717, 1.165) is 39.8 Å². The van der Waals surface area contributed by atoms with Crippen molar-refractivity contribution in [2.24, 2.45) is 0 Å². The molecule has 0 amide bonds. The summed E-state index contributed by atoms with van der Waals surface area (Å²) < 4.78 is 0. The third kappa shape index (κ3) is 2.63. The zero-order chi connectivity index (χ0) is 16.4. The number of fused-ring (bicyclic) bond motifs is 1. The lowest BCUT2D eigenvalue weighted by molar-refractivity contribution is 1.10. The summed E-state index contributed by atoms with van der Waals surface area (Å²) in [7, 11) is 0. The quantitative estimate of drug-likeness (QED) is 0.573. The number of nitrogen functional groups attached to an aromatic ring is 1. The molecule has 0 radical (unpaired) electrons. The Kier molecular flexibility index (Phi) is 3.72. The molecular formula is C22H18N2. The zero-order valence-electron chi connectivity index (χ0n) is 13.3. The molecule has 0 bridgehead atoms. The molecule has 4 rings (SSSR count). The fraction of sp³-hybridized carbons (Fsp3) is 0.0455. The number of hydrogen-bond acceptors (Lipinski definition) is 2. The zero-order valence-corrected chi connectivity index (χ0v) is 13.3. The number of aromatic nitrogens is 1. The van der Waals surface area contributed by atoms with Crippen molar-refractivity contribution in [1.29, 1.82) is 0 Å². The number of nitrogens with two attached hydrogens (primary N) is 1. The first-order chi connectivity index (χ1) is 11.8. The van der Waals surface area contributed by atoms with Crippen LogP contribution in [0, 0.1) is 0 Å². The molecule has 1 heterocycles. The topological polar surface area (TPSA) is 38.9 Å². The average Bonchev–Trinajstić information content (AvgIpc) is 2.64. The molecule has 2 nitrogen and oxygen atoms in total. The highest BCUT2D eigenvalue weighted by molar-refractivity contribution is 5.99. The Morgan fingerprint density at radius 1 is 0.708 bits per heavy atom. The number of para-hydroxylation sites is 1. The molecule has 3 aromatic carbocycles. The largest absolute Gasteiger partial charge is 0.398 e. The lowest BCUT2D eigenvalue weighted by Crippen LogP contribution is -2.02. The molecule has 0 saturated carbocycles. The minimum atomic E-state index is 0.764. The lowest BCUT2D eigenvalue weighted by atomic mass is 9.95. The van der Waals surface area contributed by atoms with Crippen LogP contribution in [0.15, 0.2) is 84.9 Å². The minimum Gasteiger partial charge on any atom is -0.398 e. The maximum absolute atomic E-state index is 6.57. The second-order valence-corrected chi connectivity index (χ2v) is 5.89. The molecule has 0 saturated heterocycles. The normalized spacial score (nSPS) is 10.8. The molecule has 116 valence electrons. The van der Waals surface area contributed by atoms with E-state index in [1.54, 1.807) is 0 Å². The molecule has 0 fully saturated rings. The Balaban J connectivity index is 1.96. The first-order valence-electron chi connectivity index (χ1n) is 8.09. The van der Waals surface area contributed by atoms with E-state index in [-0.39, 0.29) is 0 Å². The predicted octanol–water partition coefficient (Wildman–Crippen LogP) is 5.07. The monoisotopic (exact) mass is 310 g/mol. The Labute approximate surface area is 141 Å². The molecule has 2 N–H and O–H groups in total. The van der Waals surface area contributed by atoms with Crippen molar-refractivity contribution < 1.29 is 0 Å². The van der Waals surface area contributed by atoms with E-state index in [1.165, 1.54) is 5.56 Å². The van der Waals surface area contributed by atoms with Gasteiger partial charge >= 0.3 is 0 Å². The molecule has 0 aliphatic rings. The van der Waals surface area contributed by atoms with E-state index >= 15 is 0 Å². The highest BCUT2D eigenvalue weighted by Crippen LogP contribution is 2.35. The number of rotatable bonds is 3. The van der Waals surface area contributed by atoms with Gasteiger partial charge in [0.2, 0.25) is 0 Å². The fourth-order valence-corrected chi connectivity index (χ4v) is 3.13. The summed E-state index contributed by atoms with van der Waals surface area (Å²) in [5.41, 5.74) is 12.7. The van der Waals surface area contributed by atoms with Gasteiger partial charge in [0.15, 0.2) is 0 Å². The lowest BCUT2D eigenvalue weighted by Gasteiger charge is -2.15. The second kappa shape index (κ2) is 6.17. The molecule has 0 aliphatic carbocycles. The molecule has 0 unspecified atom stereocenters. The van der Waals surface area contributed by atoms with Gasteiger partial charge in [-0.05, 0) is 17.2 Å². The van der Waals surface area contributed by atoms with Crippen LogP contribution in [0.5, 0.6) is 0 Å². The summed E-state index contributed by atoms with van der Waals surface area (Å²) in [4.78, 5) is 4.93. The van der Waals surface area contributed by atoms with Crippen molar-refractivity contribution >= 4 is 16.6 Å². The van der Waals surface area contributed by atoms with Crippen LogP contribution in [0.25, 0.3) is 22.0 Å². The molecule has 1 aromatic heterocycles. The van der Waals surface area contributed by atoms with Gasteiger partial charge in [0.1, 0.15) is 0 Å².